The van der Waals surface area contributed by atoms with Crippen LogP contribution in [0, 0.1) is 19.8 Å². The number of amides is 1. The summed E-state index contributed by atoms with van der Waals surface area (Å²) < 4.78 is 0. The van der Waals surface area contributed by atoms with Gasteiger partial charge in [0.2, 0.25) is 5.91 Å². The molecule has 1 aromatic rings. The van der Waals surface area contributed by atoms with Crippen LogP contribution in [0.5, 0.6) is 0 Å². The average molecular weight is 359 g/mol. The summed E-state index contributed by atoms with van der Waals surface area (Å²) in [5, 5.41) is 6.58. The lowest BCUT2D eigenvalue weighted by Gasteiger charge is -2.31. The molecular formula is C21H34N4O. The Hall–Kier alpha value is -2.04. The van der Waals surface area contributed by atoms with Gasteiger partial charge in [-0.2, -0.15) is 0 Å². The molecule has 26 heavy (non-hydrogen) atoms. The molecular weight excluding hydrogens is 324 g/mol. The maximum absolute atomic E-state index is 12.3. The Morgan fingerprint density at radius 3 is 2.54 bits per heavy atom. The van der Waals surface area contributed by atoms with E-state index in [0.29, 0.717) is 18.9 Å². The van der Waals surface area contributed by atoms with Gasteiger partial charge >= 0.3 is 0 Å². The Morgan fingerprint density at radius 2 is 1.88 bits per heavy atom. The van der Waals surface area contributed by atoms with Crippen molar-refractivity contribution in [3.05, 3.63) is 34.9 Å². The summed E-state index contributed by atoms with van der Waals surface area (Å²) in [7, 11) is 1.76. The van der Waals surface area contributed by atoms with Gasteiger partial charge in [-0.15, -0.1) is 0 Å². The van der Waals surface area contributed by atoms with Gasteiger partial charge in [0, 0.05) is 39.6 Å². The van der Waals surface area contributed by atoms with E-state index in [4.69, 9.17) is 0 Å². The third-order valence-electron chi connectivity index (χ3n) is 4.85. The lowest BCUT2D eigenvalue weighted by atomic mass is 10.00. The van der Waals surface area contributed by atoms with Gasteiger partial charge in [-0.25, -0.2) is 0 Å². The van der Waals surface area contributed by atoms with Crippen molar-refractivity contribution in [2.75, 3.05) is 33.2 Å². The fourth-order valence-electron chi connectivity index (χ4n) is 3.62. The van der Waals surface area contributed by atoms with E-state index >= 15 is 0 Å². The maximum atomic E-state index is 12.3. The molecule has 5 nitrogen and oxygen atoms in total. The van der Waals surface area contributed by atoms with E-state index in [0.717, 1.165) is 38.4 Å². The molecule has 0 radical (unpaired) electrons. The predicted molar refractivity (Wildman–Crippen MR) is 109 cm³/mol. The minimum Gasteiger partial charge on any atom is -0.356 e. The molecule has 1 aliphatic heterocycles. The molecule has 5 heteroatoms. The molecule has 0 bridgehead atoms. The van der Waals surface area contributed by atoms with Gasteiger partial charge in [-0.3, -0.25) is 9.79 Å². The first kappa shape index (κ1) is 20.3. The summed E-state index contributed by atoms with van der Waals surface area (Å²) in [6, 6.07) is 6.64. The van der Waals surface area contributed by atoms with Gasteiger partial charge in [0.1, 0.15) is 0 Å². The summed E-state index contributed by atoms with van der Waals surface area (Å²) in [5.41, 5.74) is 3.93. The molecule has 1 aliphatic rings. The summed E-state index contributed by atoms with van der Waals surface area (Å²) in [6.45, 7) is 9.73. The van der Waals surface area contributed by atoms with Gasteiger partial charge < -0.3 is 15.5 Å². The van der Waals surface area contributed by atoms with Crippen molar-refractivity contribution in [2.45, 2.75) is 46.5 Å². The number of carbonyl (C=O) groups is 1. The van der Waals surface area contributed by atoms with Crippen LogP contribution in [0.3, 0.4) is 0 Å². The van der Waals surface area contributed by atoms with E-state index in [-0.39, 0.29) is 5.91 Å². The highest BCUT2D eigenvalue weighted by Crippen LogP contribution is 2.15. The summed E-state index contributed by atoms with van der Waals surface area (Å²) in [6.07, 6.45) is 3.83. The summed E-state index contributed by atoms with van der Waals surface area (Å²) >= 11 is 0. The number of hydrogen-bond donors (Lipinski definition) is 2. The van der Waals surface area contributed by atoms with Crippen molar-refractivity contribution >= 4 is 11.9 Å². The maximum Gasteiger partial charge on any atom is 0.224 e. The van der Waals surface area contributed by atoms with Gasteiger partial charge in [-0.1, -0.05) is 36.2 Å². The zero-order valence-electron chi connectivity index (χ0n) is 16.8. The molecule has 0 aromatic heterocycles. The molecule has 1 fully saturated rings. The number of guanidine groups is 1. The van der Waals surface area contributed by atoms with E-state index in [1.54, 1.807) is 7.05 Å². The largest absolute Gasteiger partial charge is 0.356 e. The normalized spacial score (nSPS) is 17.9. The van der Waals surface area contributed by atoms with Crippen molar-refractivity contribution in [3.63, 3.8) is 0 Å². The highest BCUT2D eigenvalue weighted by Gasteiger charge is 2.20. The van der Waals surface area contributed by atoms with Crippen LogP contribution in [-0.4, -0.2) is 50.0 Å². The highest BCUT2D eigenvalue weighted by atomic mass is 16.2. The van der Waals surface area contributed by atoms with Gasteiger partial charge in [0.15, 0.2) is 5.96 Å². The van der Waals surface area contributed by atoms with Crippen LogP contribution in [0.1, 0.15) is 42.9 Å². The molecule has 2 rings (SSSR count). The Kier molecular flexibility index (Phi) is 7.95. The van der Waals surface area contributed by atoms with Crippen molar-refractivity contribution < 1.29 is 4.79 Å². The summed E-state index contributed by atoms with van der Waals surface area (Å²) in [5.74, 6) is 1.63. The number of hydrogen-bond acceptors (Lipinski definition) is 2. The standard InChI is InChI=1S/C21H34N4O/c1-16-6-5-11-25(15-16)20(26)8-10-24-21(22-4)23-9-7-19-13-17(2)12-18(3)14-19/h12-14,16H,5-11,15H2,1-4H3,(H2,22,23,24). The predicted octanol–water partition coefficient (Wildman–Crippen LogP) is 2.66. The topological polar surface area (TPSA) is 56.7 Å². The van der Waals surface area contributed by atoms with Crippen LogP contribution in [-0.2, 0) is 11.2 Å². The van der Waals surface area contributed by atoms with Crippen LogP contribution in [0.4, 0.5) is 0 Å². The first-order chi connectivity index (χ1) is 12.5. The Labute approximate surface area is 158 Å². The number of carbonyl (C=O) groups excluding carboxylic acids is 1. The second-order valence-corrected chi connectivity index (χ2v) is 7.51. The fourth-order valence-corrected chi connectivity index (χ4v) is 3.62. The van der Waals surface area contributed by atoms with Gasteiger partial charge in [-0.05, 0) is 44.6 Å². The van der Waals surface area contributed by atoms with E-state index in [1.807, 2.05) is 4.90 Å². The third kappa shape index (κ3) is 6.70. The molecule has 1 amide bonds. The summed E-state index contributed by atoms with van der Waals surface area (Å²) in [4.78, 5) is 18.6. The van der Waals surface area contributed by atoms with E-state index < -0.39 is 0 Å². The number of likely N-dealkylation sites (tertiary alicyclic amines) is 1. The molecule has 1 unspecified atom stereocenters. The lowest BCUT2D eigenvalue weighted by molar-refractivity contribution is -0.132. The number of piperidine rings is 1. The average Bonchev–Trinajstić information content (AvgIpc) is 2.59. The number of nitrogens with one attached hydrogen (secondary N) is 2. The molecule has 0 aliphatic carbocycles. The number of aryl methyl sites for hydroxylation is 2. The highest BCUT2D eigenvalue weighted by molar-refractivity contribution is 5.81. The van der Waals surface area contributed by atoms with Gasteiger partial charge in [0.05, 0.1) is 0 Å². The Bertz CT molecular complexity index is 606. The second-order valence-electron chi connectivity index (χ2n) is 7.51. The first-order valence-electron chi connectivity index (χ1n) is 9.77. The Morgan fingerprint density at radius 1 is 1.19 bits per heavy atom. The zero-order valence-corrected chi connectivity index (χ0v) is 16.8. The number of rotatable bonds is 6. The molecule has 1 atom stereocenters. The van der Waals surface area contributed by atoms with Crippen LogP contribution in [0.15, 0.2) is 23.2 Å². The minimum absolute atomic E-state index is 0.245. The van der Waals surface area contributed by atoms with Crippen molar-refractivity contribution in [1.29, 1.82) is 0 Å². The third-order valence-corrected chi connectivity index (χ3v) is 4.85. The van der Waals surface area contributed by atoms with Gasteiger partial charge in [0.25, 0.3) is 0 Å². The van der Waals surface area contributed by atoms with Crippen LogP contribution in [0.2, 0.25) is 0 Å². The molecule has 1 aromatic carbocycles. The lowest BCUT2D eigenvalue weighted by Crippen LogP contribution is -2.42. The molecule has 1 heterocycles. The smallest absolute Gasteiger partial charge is 0.224 e. The van der Waals surface area contributed by atoms with Crippen LogP contribution >= 0.6 is 0 Å². The SMILES string of the molecule is CN=C(NCCC(=O)N1CCCC(C)C1)NCCc1cc(C)cc(C)c1. The molecule has 144 valence electrons. The fraction of sp³-hybridized carbons (Fsp3) is 0.619. The first-order valence-corrected chi connectivity index (χ1v) is 9.77. The van der Waals surface area contributed by atoms with E-state index in [2.05, 4.69) is 54.6 Å². The minimum atomic E-state index is 0.245. The molecule has 1 saturated heterocycles. The quantitative estimate of drug-likeness (QED) is 0.607. The number of benzene rings is 1. The van der Waals surface area contributed by atoms with Crippen LogP contribution < -0.4 is 10.6 Å². The zero-order chi connectivity index (χ0) is 18.9. The molecule has 0 saturated carbocycles. The van der Waals surface area contributed by atoms with Crippen molar-refractivity contribution in [2.24, 2.45) is 10.9 Å². The van der Waals surface area contributed by atoms with Crippen LogP contribution in [0.25, 0.3) is 0 Å². The van der Waals surface area contributed by atoms with Crippen molar-refractivity contribution in [3.8, 4) is 0 Å². The number of nitrogens with zero attached hydrogens (tertiary/aromatic N) is 2. The Balaban J connectivity index is 1.68. The number of aliphatic imine (C=N–C) groups is 1. The molecule has 0 spiro atoms. The van der Waals surface area contributed by atoms with E-state index in [1.165, 1.54) is 23.1 Å². The van der Waals surface area contributed by atoms with E-state index in [9.17, 15) is 4.79 Å². The second kappa shape index (κ2) is 10.2. The monoisotopic (exact) mass is 358 g/mol. The van der Waals surface area contributed by atoms with Crippen molar-refractivity contribution in [1.82, 2.24) is 15.5 Å². The molecule has 2 N–H and O–H groups in total.